The molecule has 1 aliphatic carbocycles. The third-order valence-corrected chi connectivity index (χ3v) is 6.65. The highest BCUT2D eigenvalue weighted by atomic mass is 16.3. The van der Waals surface area contributed by atoms with E-state index in [-0.39, 0.29) is 35.2 Å². The van der Waals surface area contributed by atoms with E-state index in [1.807, 2.05) is 32.0 Å². The summed E-state index contributed by atoms with van der Waals surface area (Å²) in [6, 6.07) is 8.69. The lowest BCUT2D eigenvalue weighted by atomic mass is 9.77. The van der Waals surface area contributed by atoms with Crippen molar-refractivity contribution in [2.45, 2.75) is 39.2 Å². The summed E-state index contributed by atoms with van der Waals surface area (Å²) in [6.07, 6.45) is 2.65. The first-order valence-electron chi connectivity index (χ1n) is 11.6. The molecule has 8 nitrogen and oxygen atoms in total. The number of amides is 2. The number of aliphatic imine (C=N–C) groups is 1. The Morgan fingerprint density at radius 1 is 1.06 bits per heavy atom. The van der Waals surface area contributed by atoms with Crippen molar-refractivity contribution in [1.29, 1.82) is 0 Å². The molecule has 0 spiro atoms. The van der Waals surface area contributed by atoms with Crippen LogP contribution in [0.4, 0.5) is 5.69 Å². The van der Waals surface area contributed by atoms with Crippen molar-refractivity contribution in [3.05, 3.63) is 41.7 Å². The Kier molecular flexibility index (Phi) is 6.76. The Morgan fingerprint density at radius 2 is 1.76 bits per heavy atom. The van der Waals surface area contributed by atoms with E-state index < -0.39 is 6.04 Å². The molecule has 2 amide bonds. The number of rotatable bonds is 6. The minimum Gasteiger partial charge on any atom is -0.511 e. The van der Waals surface area contributed by atoms with Crippen LogP contribution in [-0.4, -0.2) is 84.0 Å². The van der Waals surface area contributed by atoms with E-state index in [4.69, 9.17) is 0 Å². The molecule has 1 aromatic carbocycles. The fourth-order valence-corrected chi connectivity index (χ4v) is 4.85. The molecule has 2 fully saturated rings. The van der Waals surface area contributed by atoms with Gasteiger partial charge in [0.05, 0.1) is 30.3 Å². The number of benzene rings is 1. The fourth-order valence-electron chi connectivity index (χ4n) is 4.85. The summed E-state index contributed by atoms with van der Waals surface area (Å²) in [5.41, 5.74) is 0.765. The number of aliphatic hydroxyl groups is 1. The number of piperazine rings is 1. The summed E-state index contributed by atoms with van der Waals surface area (Å²) in [7, 11) is 0. The average Bonchev–Trinajstić information content (AvgIpc) is 3.07. The quantitative estimate of drug-likeness (QED) is 0.525. The van der Waals surface area contributed by atoms with Crippen molar-refractivity contribution in [2.75, 3.05) is 44.2 Å². The summed E-state index contributed by atoms with van der Waals surface area (Å²) in [5.74, 6) is -0.209. The molecule has 2 heterocycles. The number of aliphatic hydroxyl groups excluding tert-OH is 1. The molecule has 4 rings (SSSR count). The average molecular weight is 453 g/mol. The van der Waals surface area contributed by atoms with E-state index in [1.165, 1.54) is 11.1 Å². The van der Waals surface area contributed by atoms with Crippen molar-refractivity contribution in [2.24, 2.45) is 10.4 Å². The lowest BCUT2D eigenvalue weighted by Gasteiger charge is -2.36. The first kappa shape index (κ1) is 23.3. The molecule has 1 aromatic rings. The second kappa shape index (κ2) is 9.57. The zero-order valence-corrected chi connectivity index (χ0v) is 19.4. The number of anilines is 1. The molecule has 1 N–H and O–H groups in total. The van der Waals surface area contributed by atoms with Crippen LogP contribution < -0.4 is 4.90 Å². The van der Waals surface area contributed by atoms with Gasteiger partial charge < -0.3 is 5.11 Å². The third kappa shape index (κ3) is 5.23. The Balaban J connectivity index is 1.25. The molecule has 176 valence electrons. The van der Waals surface area contributed by atoms with Crippen LogP contribution in [0.1, 0.15) is 33.1 Å². The van der Waals surface area contributed by atoms with Crippen LogP contribution in [0.2, 0.25) is 0 Å². The maximum absolute atomic E-state index is 12.9. The number of hydrogen-bond acceptors (Lipinski definition) is 7. The lowest BCUT2D eigenvalue weighted by molar-refractivity contribution is -0.123. The fraction of sp³-hybridized carbons (Fsp3) is 0.520. The predicted molar refractivity (Wildman–Crippen MR) is 126 cm³/mol. The van der Waals surface area contributed by atoms with Gasteiger partial charge in [0.15, 0.2) is 5.78 Å². The van der Waals surface area contributed by atoms with E-state index >= 15 is 0 Å². The minimum atomic E-state index is -0.394. The smallest absolute Gasteiger partial charge is 0.251 e. The van der Waals surface area contributed by atoms with Gasteiger partial charge in [-0.3, -0.25) is 29.2 Å². The highest BCUT2D eigenvalue weighted by Crippen LogP contribution is 2.35. The molecule has 0 saturated carbocycles. The number of carbonyl (C=O) groups excluding carboxylic acids is 3. The van der Waals surface area contributed by atoms with Crippen LogP contribution in [0.5, 0.6) is 0 Å². The molecule has 0 aromatic heterocycles. The number of nitrogens with zero attached hydrogens (tertiary/aromatic N) is 4. The predicted octanol–water partition coefficient (Wildman–Crippen LogP) is 2.21. The molecule has 2 saturated heterocycles. The molecule has 2 aliphatic heterocycles. The number of carbonyl (C=O) groups is 3. The van der Waals surface area contributed by atoms with Crippen molar-refractivity contribution in [1.82, 2.24) is 9.80 Å². The topological polar surface area (TPSA) is 93.5 Å². The van der Waals surface area contributed by atoms with Gasteiger partial charge in [-0.15, -0.1) is 0 Å². The van der Waals surface area contributed by atoms with E-state index in [2.05, 4.69) is 14.8 Å². The van der Waals surface area contributed by atoms with Gasteiger partial charge in [-0.1, -0.05) is 32.0 Å². The van der Waals surface area contributed by atoms with Crippen molar-refractivity contribution >= 4 is 29.5 Å². The van der Waals surface area contributed by atoms with Crippen LogP contribution in [0, 0.1) is 5.41 Å². The standard InChI is InChI=1S/C25H32N4O4/c1-25(2)15-21(30)19(22(31)16-25)17-26-8-9-27-10-12-28(13-11-27)20-14-23(32)29(24(20)33)18-6-4-3-5-7-18/h3-7,17,20,30H,8-16H2,1-2H3/b26-17+/t20-/m0/s1. The molecule has 33 heavy (non-hydrogen) atoms. The van der Waals surface area contributed by atoms with Gasteiger partial charge in [0, 0.05) is 51.8 Å². The number of ketones is 1. The van der Waals surface area contributed by atoms with Gasteiger partial charge in [-0.05, 0) is 17.5 Å². The monoisotopic (exact) mass is 452 g/mol. The molecule has 0 bridgehead atoms. The highest BCUT2D eigenvalue weighted by molar-refractivity contribution is 6.22. The van der Waals surface area contributed by atoms with Crippen LogP contribution >= 0.6 is 0 Å². The highest BCUT2D eigenvalue weighted by Gasteiger charge is 2.43. The van der Waals surface area contributed by atoms with Crippen molar-refractivity contribution < 1.29 is 19.5 Å². The van der Waals surface area contributed by atoms with Gasteiger partial charge in [-0.25, -0.2) is 4.90 Å². The lowest BCUT2D eigenvalue weighted by Crippen LogP contribution is -2.52. The molecule has 0 radical (unpaired) electrons. The second-order valence-corrected chi connectivity index (χ2v) is 9.84. The first-order valence-corrected chi connectivity index (χ1v) is 11.6. The molecule has 8 heteroatoms. The SMILES string of the molecule is CC1(C)CC(=O)C(/C=N/CCN2CCN([C@H]3CC(=O)N(c4ccccc4)C3=O)CC2)=C(O)C1. The number of Topliss-reactive ketones (excluding diaryl/α,β-unsaturated/α-hetero) is 1. The maximum atomic E-state index is 12.9. The second-order valence-electron chi connectivity index (χ2n) is 9.84. The van der Waals surface area contributed by atoms with Gasteiger partial charge in [0.2, 0.25) is 5.91 Å². The maximum Gasteiger partial charge on any atom is 0.251 e. The van der Waals surface area contributed by atoms with Crippen molar-refractivity contribution in [3.63, 3.8) is 0 Å². The van der Waals surface area contributed by atoms with Gasteiger partial charge in [0.1, 0.15) is 5.76 Å². The molecular weight excluding hydrogens is 420 g/mol. The summed E-state index contributed by atoms with van der Waals surface area (Å²) < 4.78 is 0. The zero-order chi connectivity index (χ0) is 23.6. The number of imide groups is 1. The molecule has 0 unspecified atom stereocenters. The molecule has 1 atom stereocenters. The van der Waals surface area contributed by atoms with E-state index in [0.717, 1.165) is 32.7 Å². The van der Waals surface area contributed by atoms with Gasteiger partial charge in [0.25, 0.3) is 5.91 Å². The van der Waals surface area contributed by atoms with E-state index in [9.17, 15) is 19.5 Å². The number of para-hydroxylation sites is 1. The Bertz CT molecular complexity index is 977. The van der Waals surface area contributed by atoms with Crippen LogP contribution in [-0.2, 0) is 14.4 Å². The van der Waals surface area contributed by atoms with Crippen LogP contribution in [0.15, 0.2) is 46.7 Å². The van der Waals surface area contributed by atoms with Crippen LogP contribution in [0.3, 0.4) is 0 Å². The van der Waals surface area contributed by atoms with E-state index in [1.54, 1.807) is 12.1 Å². The normalized spacial score (nSPS) is 25.0. The number of allylic oxidation sites excluding steroid dienone is 2. The van der Waals surface area contributed by atoms with Gasteiger partial charge in [-0.2, -0.15) is 0 Å². The first-order chi connectivity index (χ1) is 15.7. The summed E-state index contributed by atoms with van der Waals surface area (Å²) in [4.78, 5) is 47.7. The van der Waals surface area contributed by atoms with Gasteiger partial charge >= 0.3 is 0 Å². The Hall–Kier alpha value is -2.84. The van der Waals surface area contributed by atoms with Crippen LogP contribution in [0.25, 0.3) is 0 Å². The van der Waals surface area contributed by atoms with E-state index in [0.29, 0.717) is 30.6 Å². The molecular formula is C25H32N4O4. The minimum absolute atomic E-state index is 0.0542. The number of hydrogen-bond donors (Lipinski definition) is 1. The summed E-state index contributed by atoms with van der Waals surface area (Å²) >= 11 is 0. The largest absolute Gasteiger partial charge is 0.511 e. The summed E-state index contributed by atoms with van der Waals surface area (Å²) in [6.45, 7) is 8.25. The van der Waals surface area contributed by atoms with Crippen molar-refractivity contribution in [3.8, 4) is 0 Å². The zero-order valence-electron chi connectivity index (χ0n) is 19.4. The Labute approximate surface area is 194 Å². The Morgan fingerprint density at radius 3 is 2.42 bits per heavy atom. The molecule has 3 aliphatic rings. The summed E-state index contributed by atoms with van der Waals surface area (Å²) in [5, 5.41) is 10.2. The third-order valence-electron chi connectivity index (χ3n) is 6.65.